The van der Waals surface area contributed by atoms with E-state index in [9.17, 15) is 19.6 Å². The second-order valence-electron chi connectivity index (χ2n) is 8.96. The number of fused-ring (bicyclic) bond motifs is 2. The van der Waals surface area contributed by atoms with Gasteiger partial charge in [0.1, 0.15) is 0 Å². The Balaban J connectivity index is 1.52. The summed E-state index contributed by atoms with van der Waals surface area (Å²) >= 11 is 0. The number of carbonyl (C=O) groups excluding carboxylic acids is 3. The molecule has 192 valence electrons. The molecule has 3 aromatic rings. The van der Waals surface area contributed by atoms with E-state index in [1.54, 1.807) is 85.0 Å². The van der Waals surface area contributed by atoms with Crippen LogP contribution in [0, 0.1) is 11.3 Å². The molecule has 5 rings (SSSR count). The van der Waals surface area contributed by atoms with Crippen molar-refractivity contribution >= 4 is 34.3 Å². The fourth-order valence-electron chi connectivity index (χ4n) is 4.27. The number of anilines is 1. The van der Waals surface area contributed by atoms with Crippen LogP contribution in [0.4, 0.5) is 5.69 Å². The van der Waals surface area contributed by atoms with Gasteiger partial charge in [-0.15, -0.1) is 0 Å². The van der Waals surface area contributed by atoms with E-state index < -0.39 is 23.1 Å². The third kappa shape index (κ3) is 4.77. The number of rotatable bonds is 6. The van der Waals surface area contributed by atoms with Gasteiger partial charge in [-0.1, -0.05) is 24.3 Å². The van der Waals surface area contributed by atoms with Crippen LogP contribution >= 0.6 is 0 Å². The second-order valence-corrected chi connectivity index (χ2v) is 8.96. The Morgan fingerprint density at radius 2 is 1.92 bits per heavy atom. The van der Waals surface area contributed by atoms with Crippen molar-refractivity contribution in [2.45, 2.75) is 12.5 Å². The van der Waals surface area contributed by atoms with Crippen LogP contribution in [0.15, 0.2) is 102 Å². The van der Waals surface area contributed by atoms with Gasteiger partial charge < -0.3 is 14.4 Å². The third-order valence-corrected chi connectivity index (χ3v) is 6.34. The van der Waals surface area contributed by atoms with Crippen LogP contribution in [0.1, 0.15) is 23.0 Å². The van der Waals surface area contributed by atoms with E-state index in [0.29, 0.717) is 40.2 Å². The average Bonchev–Trinajstić information content (AvgIpc) is 2.96. The maximum absolute atomic E-state index is 13.7. The monoisotopic (exact) mass is 518 g/mol. The summed E-state index contributed by atoms with van der Waals surface area (Å²) in [5.41, 5.74) is 1.12. The fourth-order valence-corrected chi connectivity index (χ4v) is 4.27. The number of esters is 1. The van der Waals surface area contributed by atoms with Gasteiger partial charge in [0.05, 0.1) is 35.5 Å². The van der Waals surface area contributed by atoms with Crippen LogP contribution in [-0.4, -0.2) is 46.8 Å². The van der Waals surface area contributed by atoms with Gasteiger partial charge in [-0.3, -0.25) is 14.6 Å². The Kier molecular flexibility index (Phi) is 6.71. The second kappa shape index (κ2) is 10.3. The minimum absolute atomic E-state index is 0.122. The van der Waals surface area contributed by atoms with Crippen LogP contribution in [-0.2, 0) is 19.1 Å². The molecule has 2 aromatic carbocycles. The first kappa shape index (κ1) is 25.4. The van der Waals surface area contributed by atoms with E-state index in [1.807, 2.05) is 0 Å². The van der Waals surface area contributed by atoms with Gasteiger partial charge in [-0.2, -0.15) is 5.26 Å². The number of ether oxygens (including phenoxy) is 2. The predicted octanol–water partition coefficient (Wildman–Crippen LogP) is 3.99. The van der Waals surface area contributed by atoms with E-state index in [-0.39, 0.29) is 11.3 Å². The molecule has 0 bridgehead atoms. The van der Waals surface area contributed by atoms with Crippen LogP contribution in [0.2, 0.25) is 0 Å². The topological polar surface area (TPSA) is 122 Å². The first-order valence-corrected chi connectivity index (χ1v) is 12.0. The molecule has 1 aliphatic heterocycles. The molecule has 0 spiro atoms. The summed E-state index contributed by atoms with van der Waals surface area (Å²) in [6.07, 6.45) is 9.38. The van der Waals surface area contributed by atoms with Crippen LogP contribution in [0.25, 0.3) is 11.0 Å². The molecule has 0 amide bonds. The summed E-state index contributed by atoms with van der Waals surface area (Å²) in [5.74, 6) is -2.29. The van der Waals surface area contributed by atoms with Crippen molar-refractivity contribution < 1.29 is 23.9 Å². The highest BCUT2D eigenvalue weighted by Crippen LogP contribution is 2.37. The van der Waals surface area contributed by atoms with Gasteiger partial charge in [0.2, 0.25) is 17.2 Å². The fraction of sp³-hybridized carbons (Fsp3) is 0.133. The normalized spacial score (nSPS) is 18.8. The number of nitrogens with zero attached hydrogens (tertiary/aromatic N) is 4. The van der Waals surface area contributed by atoms with E-state index >= 15 is 0 Å². The number of methoxy groups -OCH3 is 1. The molecule has 1 atom stereocenters. The molecule has 2 aliphatic rings. The number of allylic oxidation sites excluding steroid dienone is 3. The highest BCUT2D eigenvalue weighted by molar-refractivity contribution is 6.27. The van der Waals surface area contributed by atoms with E-state index in [1.165, 1.54) is 19.2 Å². The van der Waals surface area contributed by atoms with Crippen LogP contribution < -0.4 is 4.90 Å². The summed E-state index contributed by atoms with van der Waals surface area (Å²) in [5, 5.41) is 9.38. The summed E-state index contributed by atoms with van der Waals surface area (Å²) < 4.78 is 10.6. The summed E-state index contributed by atoms with van der Waals surface area (Å²) in [4.78, 5) is 50.2. The van der Waals surface area contributed by atoms with Crippen molar-refractivity contribution in [1.29, 1.82) is 5.26 Å². The highest BCUT2D eigenvalue weighted by atomic mass is 16.6. The number of benzene rings is 2. The smallest absolute Gasteiger partial charge is 0.360 e. The Labute approximate surface area is 224 Å². The van der Waals surface area contributed by atoms with Gasteiger partial charge in [0.25, 0.3) is 0 Å². The number of hydrogen-bond acceptors (Lipinski definition) is 9. The molecule has 1 unspecified atom stereocenters. The molecule has 2 heterocycles. The first-order valence-electron chi connectivity index (χ1n) is 12.0. The molecule has 9 heteroatoms. The number of Topliss-reactive ketones (excluding diaryl/α,β-unsaturated/α-hetero) is 1. The molecular formula is C30H22N4O5. The number of aromatic nitrogens is 2. The first-order chi connectivity index (χ1) is 18.8. The third-order valence-electron chi connectivity index (χ3n) is 6.34. The lowest BCUT2D eigenvalue weighted by atomic mass is 9.79. The van der Waals surface area contributed by atoms with Crippen molar-refractivity contribution in [3.63, 3.8) is 0 Å². The van der Waals surface area contributed by atoms with Gasteiger partial charge >= 0.3 is 5.97 Å². The maximum atomic E-state index is 13.7. The lowest BCUT2D eigenvalue weighted by Crippen LogP contribution is -2.51. The minimum atomic E-state index is -2.10. The maximum Gasteiger partial charge on any atom is 0.360 e. The number of nitriles is 1. The van der Waals surface area contributed by atoms with Crippen molar-refractivity contribution in [3.05, 3.63) is 113 Å². The number of carbonyl (C=O) groups is 3. The molecule has 0 saturated carbocycles. The van der Waals surface area contributed by atoms with Crippen molar-refractivity contribution in [1.82, 2.24) is 9.97 Å². The molecule has 0 radical (unpaired) electrons. The van der Waals surface area contributed by atoms with Crippen LogP contribution in [0.5, 0.6) is 0 Å². The molecule has 0 N–H and O–H groups in total. The van der Waals surface area contributed by atoms with Gasteiger partial charge in [-0.25, -0.2) is 9.78 Å². The molecule has 9 nitrogen and oxygen atoms in total. The Morgan fingerprint density at radius 1 is 1.13 bits per heavy atom. The van der Waals surface area contributed by atoms with Crippen molar-refractivity contribution in [3.8, 4) is 6.07 Å². The van der Waals surface area contributed by atoms with Crippen molar-refractivity contribution in [2.75, 3.05) is 18.6 Å². The Morgan fingerprint density at radius 3 is 2.69 bits per heavy atom. The SMILES string of the molecule is COC/C=C/C1=CC2=CC(=O)C(C)(OC(=O)c3cnc4ccccc4n3)C(=O)C2=CN1c1cccc(C#N)c1. The molecule has 0 fully saturated rings. The lowest BCUT2D eigenvalue weighted by molar-refractivity contribution is -0.145. The Hall–Kier alpha value is -5.20. The zero-order chi connectivity index (χ0) is 27.6. The van der Waals surface area contributed by atoms with Crippen molar-refractivity contribution in [2.24, 2.45) is 0 Å². The largest absolute Gasteiger partial charge is 0.438 e. The standard InChI is InChI=1S/C30H22N4O5/c1-30(39-29(37)26-17-32-24-10-3-4-11-25(24)33-26)27(35)15-20-14-22(9-6-12-38-2)34(18-23(20)28(30)36)21-8-5-7-19(13-21)16-31/h3-11,13-15,17-18H,12H2,1-2H3/b9-6+. The lowest BCUT2D eigenvalue weighted by Gasteiger charge is -2.34. The van der Waals surface area contributed by atoms with Gasteiger partial charge in [0.15, 0.2) is 5.69 Å². The Bertz CT molecular complexity index is 1690. The highest BCUT2D eigenvalue weighted by Gasteiger charge is 2.49. The summed E-state index contributed by atoms with van der Waals surface area (Å²) in [6, 6.07) is 16.0. The number of hydrogen-bond donors (Lipinski definition) is 0. The molecule has 1 aromatic heterocycles. The molecule has 1 aliphatic carbocycles. The average molecular weight is 519 g/mol. The zero-order valence-electron chi connectivity index (χ0n) is 21.1. The quantitative estimate of drug-likeness (QED) is 0.352. The molecule has 0 saturated heterocycles. The van der Waals surface area contributed by atoms with Crippen LogP contribution in [0.3, 0.4) is 0 Å². The van der Waals surface area contributed by atoms with E-state index in [4.69, 9.17) is 9.47 Å². The molecule has 39 heavy (non-hydrogen) atoms. The molecular weight excluding hydrogens is 496 g/mol. The number of para-hydroxylation sites is 2. The van der Waals surface area contributed by atoms with Gasteiger partial charge in [-0.05, 0) is 61.1 Å². The predicted molar refractivity (Wildman–Crippen MR) is 142 cm³/mol. The summed E-state index contributed by atoms with van der Waals surface area (Å²) in [7, 11) is 1.57. The van der Waals surface area contributed by atoms with Gasteiger partial charge in [0, 0.05) is 30.3 Å². The summed E-state index contributed by atoms with van der Waals surface area (Å²) in [6.45, 7) is 1.62. The zero-order valence-corrected chi connectivity index (χ0v) is 21.1. The number of ketones is 2. The van der Waals surface area contributed by atoms with E-state index in [0.717, 1.165) is 0 Å². The van der Waals surface area contributed by atoms with E-state index in [2.05, 4.69) is 16.0 Å². The minimum Gasteiger partial charge on any atom is -0.438 e.